The standard InChI is InChI=1S/C23H26N10O2/c1-25-22-19(16-10-26-11-17-18(16)28-13-32(17)2)30-20(21(24)34)23(31-22)29-14-3-4-15(27-9-14)12-33-5-7-35-8-6-33/h3-4,9-11,13H,5-8,12H2,1-2H3,(H2,24,34)(H2,25,29,31). The van der Waals surface area contributed by atoms with E-state index in [1.807, 2.05) is 23.7 Å². The van der Waals surface area contributed by atoms with E-state index in [4.69, 9.17) is 10.5 Å². The quantitative estimate of drug-likeness (QED) is 0.360. The Morgan fingerprint density at radius 2 is 1.94 bits per heavy atom. The Hall–Kier alpha value is -4.16. The Bertz CT molecular complexity index is 1360. The highest BCUT2D eigenvalue weighted by atomic mass is 16.5. The molecule has 0 aromatic carbocycles. The Kier molecular flexibility index (Phi) is 6.21. The number of nitrogens with one attached hydrogen (secondary N) is 2. The average molecular weight is 475 g/mol. The summed E-state index contributed by atoms with van der Waals surface area (Å²) in [5.74, 6) is -0.0224. The van der Waals surface area contributed by atoms with Crippen LogP contribution < -0.4 is 16.4 Å². The van der Waals surface area contributed by atoms with Crippen LogP contribution in [0, 0.1) is 0 Å². The van der Waals surface area contributed by atoms with Gasteiger partial charge in [0.2, 0.25) is 0 Å². The van der Waals surface area contributed by atoms with Crippen LogP contribution in [-0.2, 0) is 18.3 Å². The minimum atomic E-state index is -0.707. The Balaban J connectivity index is 1.46. The van der Waals surface area contributed by atoms with E-state index < -0.39 is 5.91 Å². The number of fused-ring (bicyclic) bond motifs is 1. The maximum atomic E-state index is 12.3. The molecule has 0 spiro atoms. The number of pyridine rings is 2. The van der Waals surface area contributed by atoms with Crippen molar-refractivity contribution in [1.82, 2.24) is 34.4 Å². The van der Waals surface area contributed by atoms with Crippen LogP contribution in [0.15, 0.2) is 37.1 Å². The van der Waals surface area contributed by atoms with Crippen LogP contribution >= 0.6 is 0 Å². The summed E-state index contributed by atoms with van der Waals surface area (Å²) in [6.07, 6.45) is 6.77. The van der Waals surface area contributed by atoms with Crippen LogP contribution in [0.3, 0.4) is 0 Å². The summed E-state index contributed by atoms with van der Waals surface area (Å²) >= 11 is 0. The van der Waals surface area contributed by atoms with Crippen LogP contribution in [0.4, 0.5) is 17.3 Å². The van der Waals surface area contributed by atoms with E-state index >= 15 is 0 Å². The van der Waals surface area contributed by atoms with E-state index in [0.29, 0.717) is 28.3 Å². The normalized spacial score (nSPS) is 14.2. The molecule has 180 valence electrons. The van der Waals surface area contributed by atoms with Gasteiger partial charge in [-0.15, -0.1) is 0 Å². The summed E-state index contributed by atoms with van der Waals surface area (Å²) in [5, 5.41) is 6.19. The van der Waals surface area contributed by atoms with Gasteiger partial charge in [-0.2, -0.15) is 0 Å². The molecular weight excluding hydrogens is 448 g/mol. The van der Waals surface area contributed by atoms with Gasteiger partial charge in [0.15, 0.2) is 17.3 Å². The molecule has 0 unspecified atom stereocenters. The second kappa shape index (κ2) is 9.60. The maximum Gasteiger partial charge on any atom is 0.271 e. The highest BCUT2D eigenvalue weighted by Crippen LogP contribution is 2.32. The van der Waals surface area contributed by atoms with E-state index in [1.165, 1.54) is 0 Å². The van der Waals surface area contributed by atoms with Gasteiger partial charge in [0.1, 0.15) is 11.2 Å². The average Bonchev–Trinajstić information content (AvgIpc) is 3.26. The molecule has 5 rings (SSSR count). The summed E-state index contributed by atoms with van der Waals surface area (Å²) < 4.78 is 7.26. The van der Waals surface area contributed by atoms with E-state index in [0.717, 1.165) is 44.1 Å². The van der Waals surface area contributed by atoms with Gasteiger partial charge in [-0.3, -0.25) is 19.7 Å². The molecule has 1 amide bonds. The second-order valence-corrected chi connectivity index (χ2v) is 8.19. The number of nitrogens with zero attached hydrogens (tertiary/aromatic N) is 7. The Morgan fingerprint density at radius 3 is 2.66 bits per heavy atom. The Labute approximate surface area is 201 Å². The maximum absolute atomic E-state index is 12.3. The number of hydrogen-bond donors (Lipinski definition) is 3. The zero-order valence-electron chi connectivity index (χ0n) is 19.5. The highest BCUT2D eigenvalue weighted by molar-refractivity contribution is 5.99. The van der Waals surface area contributed by atoms with Crippen LogP contribution in [0.5, 0.6) is 0 Å². The molecule has 0 bridgehead atoms. The highest BCUT2D eigenvalue weighted by Gasteiger charge is 2.21. The van der Waals surface area contributed by atoms with Crippen LogP contribution in [0.2, 0.25) is 0 Å². The largest absolute Gasteiger partial charge is 0.379 e. The van der Waals surface area contributed by atoms with Gasteiger partial charge in [0.25, 0.3) is 5.91 Å². The molecule has 1 saturated heterocycles. The van der Waals surface area contributed by atoms with E-state index in [9.17, 15) is 4.79 Å². The topological polar surface area (TPSA) is 149 Å². The predicted molar refractivity (Wildman–Crippen MR) is 131 cm³/mol. The minimum absolute atomic E-state index is 0.00401. The summed E-state index contributed by atoms with van der Waals surface area (Å²) in [4.78, 5) is 37.1. The molecule has 0 saturated carbocycles. The van der Waals surface area contributed by atoms with Gasteiger partial charge in [0.05, 0.1) is 54.4 Å². The predicted octanol–water partition coefficient (Wildman–Crippen LogP) is 1.54. The zero-order valence-corrected chi connectivity index (χ0v) is 19.5. The zero-order chi connectivity index (χ0) is 24.4. The van der Waals surface area contributed by atoms with Crippen molar-refractivity contribution in [3.8, 4) is 11.3 Å². The van der Waals surface area contributed by atoms with Gasteiger partial charge in [-0.1, -0.05) is 0 Å². The van der Waals surface area contributed by atoms with Gasteiger partial charge in [0, 0.05) is 39.9 Å². The lowest BCUT2D eigenvalue weighted by Crippen LogP contribution is -2.35. The van der Waals surface area contributed by atoms with Crippen molar-refractivity contribution >= 4 is 34.3 Å². The molecule has 1 fully saturated rings. The monoisotopic (exact) mass is 474 g/mol. The van der Waals surface area contributed by atoms with Gasteiger partial charge < -0.3 is 25.7 Å². The molecule has 1 aliphatic rings. The first-order valence-corrected chi connectivity index (χ1v) is 11.2. The van der Waals surface area contributed by atoms with Gasteiger partial charge in [-0.25, -0.2) is 15.0 Å². The first-order valence-electron chi connectivity index (χ1n) is 11.2. The van der Waals surface area contributed by atoms with Crippen molar-refractivity contribution < 1.29 is 9.53 Å². The molecule has 0 radical (unpaired) electrons. The molecule has 4 N–H and O–H groups in total. The number of imidazole rings is 1. The fraction of sp³-hybridized carbons (Fsp3) is 0.304. The SMILES string of the molecule is CNc1nc(Nc2ccc(CN3CCOCC3)nc2)c(C(N)=O)nc1-c1cncc2c1ncn2C. The molecule has 4 aromatic heterocycles. The fourth-order valence-corrected chi connectivity index (χ4v) is 3.99. The van der Waals surface area contributed by atoms with Crippen molar-refractivity contribution in [2.45, 2.75) is 6.54 Å². The van der Waals surface area contributed by atoms with Crippen molar-refractivity contribution in [1.29, 1.82) is 0 Å². The van der Waals surface area contributed by atoms with Gasteiger partial charge in [-0.05, 0) is 12.1 Å². The van der Waals surface area contributed by atoms with E-state index in [-0.39, 0.29) is 11.5 Å². The number of hydrogen-bond acceptors (Lipinski definition) is 10. The number of rotatable bonds is 7. The minimum Gasteiger partial charge on any atom is -0.379 e. The molecular formula is C23H26N10O2. The summed E-state index contributed by atoms with van der Waals surface area (Å²) in [6, 6.07) is 3.83. The smallest absolute Gasteiger partial charge is 0.271 e. The summed E-state index contributed by atoms with van der Waals surface area (Å²) in [5.41, 5.74) is 9.90. The molecule has 1 aliphatic heterocycles. The number of morpholine rings is 1. The number of amides is 1. The lowest BCUT2D eigenvalue weighted by atomic mass is 10.1. The second-order valence-electron chi connectivity index (χ2n) is 8.19. The summed E-state index contributed by atoms with van der Waals surface area (Å²) in [6.45, 7) is 4.01. The van der Waals surface area contributed by atoms with Crippen LogP contribution in [0.1, 0.15) is 16.2 Å². The van der Waals surface area contributed by atoms with Gasteiger partial charge >= 0.3 is 0 Å². The number of ether oxygens (including phenoxy) is 1. The molecule has 12 nitrogen and oxygen atoms in total. The molecule has 35 heavy (non-hydrogen) atoms. The molecule has 0 atom stereocenters. The number of carbonyl (C=O) groups excluding carboxylic acids is 1. The molecule has 4 aromatic rings. The third-order valence-electron chi connectivity index (χ3n) is 5.84. The fourth-order valence-electron chi connectivity index (χ4n) is 3.99. The number of carbonyl (C=O) groups is 1. The number of anilines is 3. The Morgan fingerprint density at radius 1 is 1.11 bits per heavy atom. The van der Waals surface area contributed by atoms with Crippen molar-refractivity contribution in [3.05, 3.63) is 48.4 Å². The number of aromatic nitrogens is 6. The third-order valence-corrected chi connectivity index (χ3v) is 5.84. The van der Waals surface area contributed by atoms with E-state index in [2.05, 4.69) is 40.5 Å². The first kappa shape index (κ1) is 22.6. The van der Waals surface area contributed by atoms with Crippen LogP contribution in [0.25, 0.3) is 22.3 Å². The molecule has 0 aliphatic carbocycles. The summed E-state index contributed by atoms with van der Waals surface area (Å²) in [7, 11) is 3.61. The van der Waals surface area contributed by atoms with Crippen molar-refractivity contribution in [2.75, 3.05) is 44.0 Å². The van der Waals surface area contributed by atoms with Crippen molar-refractivity contribution in [2.24, 2.45) is 12.8 Å². The first-order chi connectivity index (χ1) is 17.0. The third kappa shape index (κ3) is 4.61. The number of aryl methyl sites for hydroxylation is 1. The lowest BCUT2D eigenvalue weighted by molar-refractivity contribution is 0.0336. The van der Waals surface area contributed by atoms with Crippen molar-refractivity contribution in [3.63, 3.8) is 0 Å². The number of nitrogens with two attached hydrogens (primary N) is 1. The molecule has 5 heterocycles. The van der Waals surface area contributed by atoms with Crippen LogP contribution in [-0.4, -0.2) is 73.6 Å². The number of primary amides is 1. The van der Waals surface area contributed by atoms with E-state index in [1.54, 1.807) is 32.0 Å². The lowest BCUT2D eigenvalue weighted by Gasteiger charge is -2.26. The molecule has 12 heteroatoms.